The second-order valence-corrected chi connectivity index (χ2v) is 2.80. The first-order valence-corrected chi connectivity index (χ1v) is 3.85. The number of hydrogen-bond acceptors (Lipinski definition) is 4. The van der Waals surface area contributed by atoms with Crippen LogP contribution >= 0.6 is 12.6 Å². The normalized spacial score (nSPS) is 8.92. The molecule has 0 unspecified atom stereocenters. The molecule has 0 saturated carbocycles. The maximum Gasteiger partial charge on any atom is 0.151 e. The lowest BCUT2D eigenvalue weighted by Gasteiger charge is -2.00. The van der Waals surface area contributed by atoms with Gasteiger partial charge in [0.1, 0.15) is 12.4 Å². The first-order chi connectivity index (χ1) is 6.22. The zero-order chi connectivity index (χ0) is 9.84. The molecule has 1 rings (SSSR count). The molecule has 0 amide bonds. The molecule has 0 heterocycles. The zero-order valence-electron chi connectivity index (χ0n) is 6.52. The van der Waals surface area contributed by atoms with E-state index in [4.69, 9.17) is 5.26 Å². The zero-order valence-corrected chi connectivity index (χ0v) is 7.41. The van der Waals surface area contributed by atoms with Gasteiger partial charge in [-0.25, -0.2) is 0 Å². The van der Waals surface area contributed by atoms with Crippen LogP contribution in [0.5, 0.6) is 0 Å². The summed E-state index contributed by atoms with van der Waals surface area (Å²) in [4.78, 5) is 21.2. The van der Waals surface area contributed by atoms with Crippen LogP contribution in [-0.4, -0.2) is 12.6 Å². The lowest BCUT2D eigenvalue weighted by atomic mass is 10.1. The van der Waals surface area contributed by atoms with Crippen LogP contribution in [0, 0.1) is 11.3 Å². The topological polar surface area (TPSA) is 57.9 Å². The number of nitrogens with zero attached hydrogens (tertiary/aromatic N) is 1. The maximum absolute atomic E-state index is 10.5. The fraction of sp³-hybridized carbons (Fsp3) is 0. The summed E-state index contributed by atoms with van der Waals surface area (Å²) in [5, 5.41) is 8.63. The SMILES string of the molecule is N#Cc1cc(C=O)cc(C=O)c1S. The lowest BCUT2D eigenvalue weighted by Crippen LogP contribution is -1.91. The molecular formula is C9H5NO2S. The smallest absolute Gasteiger partial charge is 0.151 e. The minimum absolute atomic E-state index is 0.232. The highest BCUT2D eigenvalue weighted by Crippen LogP contribution is 2.18. The van der Waals surface area contributed by atoms with Crippen molar-refractivity contribution in [3.05, 3.63) is 28.8 Å². The van der Waals surface area contributed by atoms with Gasteiger partial charge in [0.15, 0.2) is 6.29 Å². The van der Waals surface area contributed by atoms with Gasteiger partial charge in [0.25, 0.3) is 0 Å². The summed E-state index contributed by atoms with van der Waals surface area (Å²) in [6.07, 6.45) is 1.15. The molecule has 13 heavy (non-hydrogen) atoms. The van der Waals surface area contributed by atoms with Crippen LogP contribution in [0.4, 0.5) is 0 Å². The van der Waals surface area contributed by atoms with Crippen molar-refractivity contribution >= 4 is 25.2 Å². The fourth-order valence-corrected chi connectivity index (χ4v) is 1.16. The van der Waals surface area contributed by atoms with Crippen LogP contribution in [0.1, 0.15) is 26.3 Å². The van der Waals surface area contributed by atoms with Gasteiger partial charge in [-0.2, -0.15) is 5.26 Å². The van der Waals surface area contributed by atoms with Crippen LogP contribution < -0.4 is 0 Å². The van der Waals surface area contributed by atoms with Gasteiger partial charge in [-0.15, -0.1) is 12.6 Å². The maximum atomic E-state index is 10.5. The average molecular weight is 191 g/mol. The summed E-state index contributed by atoms with van der Waals surface area (Å²) in [5.41, 5.74) is 0.788. The van der Waals surface area contributed by atoms with Crippen molar-refractivity contribution in [1.82, 2.24) is 0 Å². The van der Waals surface area contributed by atoms with E-state index >= 15 is 0 Å². The Morgan fingerprint density at radius 1 is 1.31 bits per heavy atom. The van der Waals surface area contributed by atoms with E-state index in [1.54, 1.807) is 0 Å². The molecule has 64 valence electrons. The Morgan fingerprint density at radius 3 is 2.46 bits per heavy atom. The quantitative estimate of drug-likeness (QED) is 0.569. The molecule has 0 aliphatic carbocycles. The van der Waals surface area contributed by atoms with E-state index in [1.165, 1.54) is 12.1 Å². The largest absolute Gasteiger partial charge is 0.298 e. The van der Waals surface area contributed by atoms with Crippen molar-refractivity contribution in [3.63, 3.8) is 0 Å². The van der Waals surface area contributed by atoms with Crippen LogP contribution in [0.15, 0.2) is 17.0 Å². The van der Waals surface area contributed by atoms with E-state index in [0.717, 1.165) is 0 Å². The van der Waals surface area contributed by atoms with Crippen molar-refractivity contribution in [2.24, 2.45) is 0 Å². The minimum atomic E-state index is 0.232. The van der Waals surface area contributed by atoms with Gasteiger partial charge in [0.2, 0.25) is 0 Å². The van der Waals surface area contributed by atoms with E-state index < -0.39 is 0 Å². The third-order valence-corrected chi connectivity index (χ3v) is 2.04. The molecule has 0 fully saturated rings. The highest BCUT2D eigenvalue weighted by Gasteiger charge is 2.06. The van der Waals surface area contributed by atoms with Crippen molar-refractivity contribution in [1.29, 1.82) is 5.26 Å². The van der Waals surface area contributed by atoms with Gasteiger partial charge in [-0.05, 0) is 12.1 Å². The van der Waals surface area contributed by atoms with E-state index in [2.05, 4.69) is 12.6 Å². The Kier molecular flexibility index (Phi) is 2.83. The Balaban J connectivity index is 3.47. The van der Waals surface area contributed by atoms with Gasteiger partial charge in [0.05, 0.1) is 5.56 Å². The summed E-state index contributed by atoms with van der Waals surface area (Å²) in [6, 6.07) is 4.63. The highest BCUT2D eigenvalue weighted by atomic mass is 32.1. The molecule has 0 spiro atoms. The Hall–Kier alpha value is -1.60. The van der Waals surface area contributed by atoms with Crippen LogP contribution in [0.25, 0.3) is 0 Å². The molecule has 1 aromatic rings. The van der Waals surface area contributed by atoms with Crippen molar-refractivity contribution in [3.8, 4) is 6.07 Å². The van der Waals surface area contributed by atoms with E-state index in [9.17, 15) is 9.59 Å². The van der Waals surface area contributed by atoms with Gasteiger partial charge in [-0.3, -0.25) is 9.59 Å². The Labute approximate surface area is 80.4 Å². The number of carbonyl (C=O) groups excluding carboxylic acids is 2. The number of rotatable bonds is 2. The highest BCUT2D eigenvalue weighted by molar-refractivity contribution is 7.80. The van der Waals surface area contributed by atoms with E-state index in [-0.39, 0.29) is 11.1 Å². The number of hydrogen-bond donors (Lipinski definition) is 1. The third kappa shape index (κ3) is 1.76. The van der Waals surface area contributed by atoms with Crippen molar-refractivity contribution in [2.45, 2.75) is 4.90 Å². The predicted octanol–water partition coefficient (Wildman–Crippen LogP) is 1.47. The first kappa shape index (κ1) is 9.49. The first-order valence-electron chi connectivity index (χ1n) is 3.40. The van der Waals surface area contributed by atoms with Crippen molar-refractivity contribution in [2.75, 3.05) is 0 Å². The second kappa shape index (κ2) is 3.87. The molecule has 0 atom stereocenters. The Morgan fingerprint density at radius 2 is 2.00 bits per heavy atom. The summed E-state index contributed by atoms with van der Waals surface area (Å²) in [7, 11) is 0. The molecule has 0 aliphatic rings. The Bertz CT molecular complexity index is 407. The molecule has 3 nitrogen and oxygen atoms in total. The standard InChI is InChI=1S/C9H5NO2S/c10-3-7-1-6(4-11)2-8(5-12)9(7)13/h1-2,4-5,13H. The lowest BCUT2D eigenvalue weighted by molar-refractivity contribution is 0.112. The summed E-state index contributed by atoms with van der Waals surface area (Å²) in [6.45, 7) is 0. The molecule has 4 heteroatoms. The second-order valence-electron chi connectivity index (χ2n) is 2.35. The number of carbonyl (C=O) groups is 2. The molecule has 0 bridgehead atoms. The number of aldehydes is 2. The predicted molar refractivity (Wildman–Crippen MR) is 49.2 cm³/mol. The van der Waals surface area contributed by atoms with Gasteiger partial charge < -0.3 is 0 Å². The van der Waals surface area contributed by atoms with Gasteiger partial charge in [0, 0.05) is 16.0 Å². The van der Waals surface area contributed by atoms with Crippen LogP contribution in [-0.2, 0) is 0 Å². The van der Waals surface area contributed by atoms with E-state index in [1.807, 2.05) is 6.07 Å². The summed E-state index contributed by atoms with van der Waals surface area (Å²) in [5.74, 6) is 0. The molecule has 0 aromatic heterocycles. The summed E-state index contributed by atoms with van der Waals surface area (Å²) < 4.78 is 0. The van der Waals surface area contributed by atoms with Crippen molar-refractivity contribution < 1.29 is 9.59 Å². The average Bonchev–Trinajstić information content (AvgIpc) is 2.18. The number of thiol groups is 1. The molecular weight excluding hydrogens is 186 g/mol. The van der Waals surface area contributed by atoms with E-state index in [0.29, 0.717) is 23.0 Å². The van der Waals surface area contributed by atoms with Crippen LogP contribution in [0.2, 0.25) is 0 Å². The molecule has 0 aliphatic heterocycles. The number of benzene rings is 1. The van der Waals surface area contributed by atoms with Gasteiger partial charge >= 0.3 is 0 Å². The number of nitriles is 1. The fourth-order valence-electron chi connectivity index (χ4n) is 0.923. The molecule has 0 saturated heterocycles. The molecule has 0 N–H and O–H groups in total. The van der Waals surface area contributed by atoms with Crippen LogP contribution in [0.3, 0.4) is 0 Å². The summed E-state index contributed by atoms with van der Waals surface area (Å²) >= 11 is 3.99. The minimum Gasteiger partial charge on any atom is -0.298 e. The monoisotopic (exact) mass is 191 g/mol. The third-order valence-electron chi connectivity index (χ3n) is 1.55. The molecule has 0 radical (unpaired) electrons. The van der Waals surface area contributed by atoms with Gasteiger partial charge in [-0.1, -0.05) is 0 Å². The molecule has 1 aromatic carbocycles.